The van der Waals surface area contributed by atoms with E-state index in [1.54, 1.807) is 0 Å². The fraction of sp³-hybridized carbons (Fsp3) is 0.800. The minimum absolute atomic E-state index is 0.566. The molecule has 0 unspecified atom stereocenters. The molecule has 1 aliphatic heterocycles. The van der Waals surface area contributed by atoms with Gasteiger partial charge in [-0.2, -0.15) is 4.98 Å². The molecule has 0 aliphatic carbocycles. The SMILES string of the molecule is CN1CCC[C@H]1Cc1nc(CCN)no1. The van der Waals surface area contributed by atoms with E-state index >= 15 is 0 Å². The molecule has 0 bridgehead atoms. The normalized spacial score (nSPS) is 22.4. The van der Waals surface area contributed by atoms with Gasteiger partial charge in [0, 0.05) is 18.9 Å². The summed E-state index contributed by atoms with van der Waals surface area (Å²) in [5.74, 6) is 1.48. The van der Waals surface area contributed by atoms with Crippen LogP contribution in [0.4, 0.5) is 0 Å². The van der Waals surface area contributed by atoms with Crippen molar-refractivity contribution in [3.05, 3.63) is 11.7 Å². The summed E-state index contributed by atoms with van der Waals surface area (Å²) < 4.78 is 5.18. The predicted octanol–water partition coefficient (Wildman–Crippen LogP) is 0.207. The van der Waals surface area contributed by atoms with E-state index in [9.17, 15) is 0 Å². The van der Waals surface area contributed by atoms with Crippen molar-refractivity contribution < 1.29 is 4.52 Å². The molecular weight excluding hydrogens is 192 g/mol. The van der Waals surface area contributed by atoms with Crippen molar-refractivity contribution in [2.75, 3.05) is 20.1 Å². The summed E-state index contributed by atoms with van der Waals surface area (Å²) in [7, 11) is 2.15. The fourth-order valence-corrected chi connectivity index (χ4v) is 2.04. The zero-order valence-corrected chi connectivity index (χ0v) is 9.15. The maximum absolute atomic E-state index is 5.43. The summed E-state index contributed by atoms with van der Waals surface area (Å²) in [5.41, 5.74) is 5.43. The van der Waals surface area contributed by atoms with Crippen LogP contribution in [0.2, 0.25) is 0 Å². The molecule has 15 heavy (non-hydrogen) atoms. The molecule has 0 spiro atoms. The first-order valence-corrected chi connectivity index (χ1v) is 5.51. The van der Waals surface area contributed by atoms with Crippen LogP contribution < -0.4 is 5.73 Å². The summed E-state index contributed by atoms with van der Waals surface area (Å²) in [4.78, 5) is 6.67. The van der Waals surface area contributed by atoms with Crippen LogP contribution in [0, 0.1) is 0 Å². The standard InChI is InChI=1S/C10H18N4O/c1-14-6-2-3-8(14)7-10-12-9(4-5-11)13-15-10/h8H,2-7,11H2,1H3/t8-/m0/s1. The van der Waals surface area contributed by atoms with Crippen LogP contribution in [0.15, 0.2) is 4.52 Å². The first-order chi connectivity index (χ1) is 7.29. The second-order valence-electron chi connectivity index (χ2n) is 4.12. The number of rotatable bonds is 4. The van der Waals surface area contributed by atoms with Gasteiger partial charge >= 0.3 is 0 Å². The third-order valence-electron chi connectivity index (χ3n) is 2.96. The number of nitrogens with two attached hydrogens (primary N) is 1. The van der Waals surface area contributed by atoms with Crippen molar-refractivity contribution in [3.8, 4) is 0 Å². The van der Waals surface area contributed by atoms with Crippen molar-refractivity contribution in [2.45, 2.75) is 31.7 Å². The highest BCUT2D eigenvalue weighted by atomic mass is 16.5. The molecule has 1 aromatic rings. The molecule has 1 aromatic heterocycles. The minimum Gasteiger partial charge on any atom is -0.339 e. The number of likely N-dealkylation sites (N-methyl/N-ethyl adjacent to an activating group) is 1. The topological polar surface area (TPSA) is 68.2 Å². The Morgan fingerprint density at radius 1 is 1.60 bits per heavy atom. The fourth-order valence-electron chi connectivity index (χ4n) is 2.04. The molecule has 0 saturated carbocycles. The number of hydrogen-bond donors (Lipinski definition) is 1. The van der Waals surface area contributed by atoms with Gasteiger partial charge in [-0.25, -0.2) is 0 Å². The van der Waals surface area contributed by atoms with Gasteiger partial charge in [-0.1, -0.05) is 5.16 Å². The smallest absolute Gasteiger partial charge is 0.228 e. The van der Waals surface area contributed by atoms with E-state index in [0.29, 0.717) is 19.0 Å². The molecule has 2 rings (SSSR count). The lowest BCUT2D eigenvalue weighted by Gasteiger charge is -2.16. The first-order valence-electron chi connectivity index (χ1n) is 5.51. The first kappa shape index (κ1) is 10.6. The number of likely N-dealkylation sites (tertiary alicyclic amines) is 1. The molecule has 2 N–H and O–H groups in total. The third-order valence-corrected chi connectivity index (χ3v) is 2.96. The molecule has 1 fully saturated rings. The average Bonchev–Trinajstić information content (AvgIpc) is 2.79. The highest BCUT2D eigenvalue weighted by molar-refractivity contribution is 4.91. The Hall–Kier alpha value is -0.940. The maximum Gasteiger partial charge on any atom is 0.228 e. The zero-order chi connectivity index (χ0) is 10.7. The van der Waals surface area contributed by atoms with Crippen LogP contribution >= 0.6 is 0 Å². The van der Waals surface area contributed by atoms with Crippen molar-refractivity contribution in [1.82, 2.24) is 15.0 Å². The molecule has 0 aromatic carbocycles. The van der Waals surface area contributed by atoms with Crippen LogP contribution in [0.5, 0.6) is 0 Å². The monoisotopic (exact) mass is 210 g/mol. The molecule has 1 saturated heterocycles. The van der Waals surface area contributed by atoms with Gasteiger partial charge in [-0.3, -0.25) is 0 Å². The molecule has 1 aliphatic rings. The van der Waals surface area contributed by atoms with Crippen LogP contribution in [0.1, 0.15) is 24.6 Å². The lowest BCUT2D eigenvalue weighted by atomic mass is 10.1. The highest BCUT2D eigenvalue weighted by Gasteiger charge is 2.23. The Morgan fingerprint density at radius 2 is 2.47 bits per heavy atom. The van der Waals surface area contributed by atoms with Crippen molar-refractivity contribution in [1.29, 1.82) is 0 Å². The molecule has 1 atom stereocenters. The van der Waals surface area contributed by atoms with Gasteiger partial charge in [0.05, 0.1) is 0 Å². The van der Waals surface area contributed by atoms with Crippen molar-refractivity contribution >= 4 is 0 Å². The average molecular weight is 210 g/mol. The summed E-state index contributed by atoms with van der Waals surface area (Å²) in [6.07, 6.45) is 4.06. The van der Waals surface area contributed by atoms with E-state index < -0.39 is 0 Å². The van der Waals surface area contributed by atoms with Gasteiger partial charge in [0.15, 0.2) is 5.82 Å². The molecule has 0 radical (unpaired) electrons. The summed E-state index contributed by atoms with van der Waals surface area (Å²) >= 11 is 0. The van der Waals surface area contributed by atoms with E-state index in [1.165, 1.54) is 19.4 Å². The van der Waals surface area contributed by atoms with E-state index in [0.717, 1.165) is 18.1 Å². The number of hydrogen-bond acceptors (Lipinski definition) is 5. The highest BCUT2D eigenvalue weighted by Crippen LogP contribution is 2.18. The van der Waals surface area contributed by atoms with Crippen LogP contribution in [0.3, 0.4) is 0 Å². The summed E-state index contributed by atoms with van der Waals surface area (Å²) in [6.45, 7) is 1.75. The van der Waals surface area contributed by atoms with Gasteiger partial charge in [0.25, 0.3) is 0 Å². The minimum atomic E-state index is 0.566. The second-order valence-corrected chi connectivity index (χ2v) is 4.12. The van der Waals surface area contributed by atoms with Gasteiger partial charge in [0.2, 0.25) is 5.89 Å². The van der Waals surface area contributed by atoms with Gasteiger partial charge in [-0.15, -0.1) is 0 Å². The molecule has 5 nitrogen and oxygen atoms in total. The number of nitrogens with zero attached hydrogens (tertiary/aromatic N) is 3. The van der Waals surface area contributed by atoms with E-state index in [2.05, 4.69) is 22.1 Å². The van der Waals surface area contributed by atoms with Crippen molar-refractivity contribution in [2.24, 2.45) is 5.73 Å². The predicted molar refractivity (Wildman–Crippen MR) is 56.4 cm³/mol. The lowest BCUT2D eigenvalue weighted by molar-refractivity contribution is 0.278. The van der Waals surface area contributed by atoms with E-state index in [-0.39, 0.29) is 0 Å². The Kier molecular flexibility index (Phi) is 3.33. The third kappa shape index (κ3) is 2.54. The molecule has 0 amide bonds. The van der Waals surface area contributed by atoms with Gasteiger partial charge < -0.3 is 15.2 Å². The molecule has 84 valence electrons. The second kappa shape index (κ2) is 4.72. The number of aromatic nitrogens is 2. The van der Waals surface area contributed by atoms with E-state index in [1.807, 2.05) is 0 Å². The molecule has 5 heteroatoms. The Bertz CT molecular complexity index is 312. The molecular formula is C10H18N4O. The summed E-state index contributed by atoms with van der Waals surface area (Å²) in [6, 6.07) is 0.566. The maximum atomic E-state index is 5.43. The van der Waals surface area contributed by atoms with Gasteiger partial charge in [-0.05, 0) is 33.0 Å². The quantitative estimate of drug-likeness (QED) is 0.769. The van der Waals surface area contributed by atoms with Crippen LogP contribution in [-0.4, -0.2) is 41.2 Å². The van der Waals surface area contributed by atoms with Crippen LogP contribution in [-0.2, 0) is 12.8 Å². The Morgan fingerprint density at radius 3 is 3.13 bits per heavy atom. The largest absolute Gasteiger partial charge is 0.339 e. The zero-order valence-electron chi connectivity index (χ0n) is 9.15. The van der Waals surface area contributed by atoms with Gasteiger partial charge in [0.1, 0.15) is 0 Å². The summed E-state index contributed by atoms with van der Waals surface area (Å²) in [5, 5.41) is 3.89. The lowest BCUT2D eigenvalue weighted by Crippen LogP contribution is -2.26. The van der Waals surface area contributed by atoms with E-state index in [4.69, 9.17) is 10.3 Å². The molecule has 2 heterocycles. The van der Waals surface area contributed by atoms with Crippen LogP contribution in [0.25, 0.3) is 0 Å². The Labute approximate surface area is 89.6 Å². The van der Waals surface area contributed by atoms with Crippen molar-refractivity contribution in [3.63, 3.8) is 0 Å². The Balaban J connectivity index is 1.92.